The summed E-state index contributed by atoms with van der Waals surface area (Å²) >= 11 is 0. The number of hydrogen-bond acceptors (Lipinski definition) is 10. The molecule has 2 heterocycles. The van der Waals surface area contributed by atoms with E-state index in [0.29, 0.717) is 65.4 Å². The number of allylic oxidation sites excluding steroid dienone is 3. The Hall–Kier alpha value is -5.51. The topological polar surface area (TPSA) is 137 Å². The van der Waals surface area contributed by atoms with Gasteiger partial charge in [0.05, 0.1) is 25.3 Å². The number of halogens is 3. The van der Waals surface area contributed by atoms with Crippen LogP contribution in [0.1, 0.15) is 59.4 Å². The fourth-order valence-electron chi connectivity index (χ4n) is 5.23. The number of nitrogens with two attached hydrogens (primary N) is 1. The number of carbonyl (C=O) groups is 2. The number of anilines is 3. The molecule has 1 aliphatic heterocycles. The van der Waals surface area contributed by atoms with Crippen molar-refractivity contribution in [3.63, 3.8) is 0 Å². The zero-order chi connectivity index (χ0) is 46.1. The fraction of sp³-hybridized carbons (Fsp3) is 0.370. The maximum Gasteiger partial charge on any atom is 0.418 e. The molecule has 4 N–H and O–H groups in total. The highest BCUT2D eigenvalue weighted by atomic mass is 32.1. The van der Waals surface area contributed by atoms with Crippen LogP contribution in [-0.4, -0.2) is 72.3 Å². The van der Waals surface area contributed by atoms with Crippen LogP contribution in [0.3, 0.4) is 0 Å². The van der Waals surface area contributed by atoms with Crippen LogP contribution in [0.5, 0.6) is 23.0 Å². The summed E-state index contributed by atoms with van der Waals surface area (Å²) < 4.78 is 63.5. The number of nitrogens with zero attached hydrogens (tertiary/aromatic N) is 2. The van der Waals surface area contributed by atoms with Gasteiger partial charge < -0.3 is 45.0 Å². The number of aromatic nitrogens is 1. The number of ether oxygens (including phenoxy) is 4. The summed E-state index contributed by atoms with van der Waals surface area (Å²) in [6, 6.07) is 17.1. The highest BCUT2D eigenvalue weighted by molar-refractivity contribution is 7.59. The van der Waals surface area contributed by atoms with Crippen LogP contribution in [-0.2, 0) is 20.5 Å². The number of alkyl halides is 3. The lowest BCUT2D eigenvalue weighted by Gasteiger charge is -2.35. The summed E-state index contributed by atoms with van der Waals surface area (Å²) in [5, 5.41) is 7.04. The first kappa shape index (κ1) is 59.8. The first-order valence-corrected chi connectivity index (χ1v) is 19.2. The molecule has 4 aromatic rings. The summed E-state index contributed by atoms with van der Waals surface area (Å²) in [6.07, 6.45) is 4.27. The van der Waals surface area contributed by atoms with Crippen molar-refractivity contribution in [1.82, 2.24) is 10.3 Å². The number of methoxy groups -OCH3 is 3. The molecule has 0 radical (unpaired) electrons. The maximum absolute atomic E-state index is 14.1. The first-order chi connectivity index (χ1) is 28.8. The van der Waals surface area contributed by atoms with Gasteiger partial charge in [-0.3, -0.25) is 9.78 Å². The van der Waals surface area contributed by atoms with Crippen LogP contribution in [0.15, 0.2) is 104 Å². The van der Waals surface area contributed by atoms with E-state index in [4.69, 9.17) is 19.0 Å². The standard InChI is InChI=1S/C30H31F3N4O3.C6H10.C3H6O.C2H6O.C2H6.C2H4.CH3NO.H2S/c1-34-19-10-13-37(14-11-19)26-8-7-21(16-24(26)30(31,32)33)36-20-5-4-6-22(15-20)40-27-9-12-35-25-18-29(39-3)28(38-2)17-23(25)27;1-4-5-6(2)3;1-2-3-4;1-3-2;2*1-2;2-1-3;/h4-9,12,15-19,34,36H,10-11,13-14H2,1-3H3;4-5H,1H2,2-3H3;3H,2H2,1H3;1-2H3;1-2H3;1-2H2;1H,(H2,2,3);1H2. The lowest BCUT2D eigenvalue weighted by Crippen LogP contribution is -2.41. The Kier molecular flexibility index (Phi) is 34.6. The van der Waals surface area contributed by atoms with Gasteiger partial charge in [0.15, 0.2) is 11.5 Å². The van der Waals surface area contributed by atoms with Gasteiger partial charge in [-0.25, -0.2) is 0 Å². The number of fused-ring (bicyclic) bond motifs is 1. The molecule has 1 amide bonds. The molecular formula is C46H68F3N5O6S. The van der Waals surface area contributed by atoms with Crippen LogP contribution < -0.4 is 35.5 Å². The number of piperidine rings is 1. The number of hydrogen-bond donors (Lipinski definition) is 3. The van der Waals surface area contributed by atoms with Crippen LogP contribution in [0.2, 0.25) is 0 Å². The number of primary amides is 1. The van der Waals surface area contributed by atoms with Gasteiger partial charge in [-0.05, 0) is 76.2 Å². The van der Waals surface area contributed by atoms with E-state index in [0.717, 1.165) is 24.5 Å². The van der Waals surface area contributed by atoms with Crippen molar-refractivity contribution >= 4 is 54.2 Å². The van der Waals surface area contributed by atoms with Gasteiger partial charge in [0, 0.05) is 80.5 Å². The second-order valence-corrected chi connectivity index (χ2v) is 12.2. The van der Waals surface area contributed by atoms with Crippen molar-refractivity contribution in [3.05, 3.63) is 110 Å². The number of benzene rings is 3. The zero-order valence-electron chi connectivity index (χ0n) is 37.4. The Bertz CT molecular complexity index is 1830. The van der Waals surface area contributed by atoms with E-state index in [9.17, 15) is 18.0 Å². The predicted octanol–water partition coefficient (Wildman–Crippen LogP) is 11.0. The van der Waals surface area contributed by atoms with Gasteiger partial charge >= 0.3 is 6.18 Å². The summed E-state index contributed by atoms with van der Waals surface area (Å²) in [6.45, 7) is 20.6. The first-order valence-electron chi connectivity index (χ1n) is 19.2. The average molecular weight is 876 g/mol. The number of carbonyl (C=O) groups excluding carboxylic acids is 2. The second-order valence-electron chi connectivity index (χ2n) is 12.2. The molecule has 0 spiro atoms. The van der Waals surface area contributed by atoms with Gasteiger partial charge in [0.1, 0.15) is 17.8 Å². The predicted molar refractivity (Wildman–Crippen MR) is 253 cm³/mol. The van der Waals surface area contributed by atoms with Crippen molar-refractivity contribution in [3.8, 4) is 23.0 Å². The lowest BCUT2D eigenvalue weighted by molar-refractivity contribution is -0.137. The molecule has 1 saturated heterocycles. The molecule has 61 heavy (non-hydrogen) atoms. The Morgan fingerprint density at radius 1 is 0.918 bits per heavy atom. The smallest absolute Gasteiger partial charge is 0.418 e. The zero-order valence-corrected chi connectivity index (χ0v) is 38.4. The average Bonchev–Trinajstić information content (AvgIpc) is 3.25. The minimum absolute atomic E-state index is 0. The van der Waals surface area contributed by atoms with E-state index in [1.165, 1.54) is 11.6 Å². The van der Waals surface area contributed by atoms with Gasteiger partial charge in [-0.15, -0.1) is 13.2 Å². The number of aldehydes is 1. The van der Waals surface area contributed by atoms with E-state index in [1.807, 2.05) is 52.6 Å². The third kappa shape index (κ3) is 22.6. The molecule has 1 fully saturated rings. The summed E-state index contributed by atoms with van der Waals surface area (Å²) in [7, 11) is 8.24. The molecule has 0 saturated carbocycles. The van der Waals surface area contributed by atoms with E-state index in [2.05, 4.69) is 45.8 Å². The Labute approximate surface area is 368 Å². The molecule has 1 aliphatic rings. The molecule has 15 heteroatoms. The molecule has 1 aromatic heterocycles. The van der Waals surface area contributed by atoms with Crippen LogP contribution in [0.4, 0.5) is 30.2 Å². The summed E-state index contributed by atoms with van der Waals surface area (Å²) in [5.74, 6) is 2.15. The van der Waals surface area contributed by atoms with Crippen LogP contribution >= 0.6 is 13.5 Å². The molecule has 0 aliphatic carbocycles. The highest BCUT2D eigenvalue weighted by Gasteiger charge is 2.36. The number of rotatable bonds is 10. The van der Waals surface area contributed by atoms with Crippen LogP contribution in [0, 0.1) is 0 Å². The molecule has 0 bridgehead atoms. The Morgan fingerprint density at radius 3 is 1.92 bits per heavy atom. The van der Waals surface area contributed by atoms with E-state index in [-0.39, 0.29) is 25.6 Å². The third-order valence-electron chi connectivity index (χ3n) is 7.72. The minimum Gasteiger partial charge on any atom is -0.493 e. The number of nitrogens with one attached hydrogen (secondary N) is 2. The monoisotopic (exact) mass is 875 g/mol. The highest BCUT2D eigenvalue weighted by Crippen LogP contribution is 2.40. The maximum atomic E-state index is 14.1. The van der Waals surface area contributed by atoms with Crippen molar-refractivity contribution in [1.29, 1.82) is 0 Å². The summed E-state index contributed by atoms with van der Waals surface area (Å²) in [5.41, 5.74) is 6.61. The van der Waals surface area contributed by atoms with Crippen molar-refractivity contribution in [2.24, 2.45) is 5.73 Å². The van der Waals surface area contributed by atoms with E-state index >= 15 is 0 Å². The Morgan fingerprint density at radius 2 is 1.46 bits per heavy atom. The van der Waals surface area contributed by atoms with Gasteiger partial charge in [0.25, 0.3) is 0 Å². The molecule has 340 valence electrons. The molecule has 0 atom stereocenters. The minimum atomic E-state index is -4.48. The van der Waals surface area contributed by atoms with Gasteiger partial charge in [-0.1, -0.05) is 51.1 Å². The SMILES string of the molecule is C=C.C=CC=C(C)C.CC.CCC=O.CNC1CCN(c2ccc(Nc3cccc(Oc4ccnc5cc(OC)c(OC)cc45)c3)cc2C(F)(F)F)CC1.COC.NC=O.S. The quantitative estimate of drug-likeness (QED) is 0.0802. The third-order valence-corrected chi connectivity index (χ3v) is 7.72. The lowest BCUT2D eigenvalue weighted by atomic mass is 10.0. The van der Waals surface area contributed by atoms with Crippen LogP contribution in [0.25, 0.3) is 10.9 Å². The molecule has 3 aromatic carbocycles. The molecule has 11 nitrogen and oxygen atoms in total. The van der Waals surface area contributed by atoms with E-state index in [1.54, 1.807) is 95.3 Å². The normalized spacial score (nSPS) is 11.1. The number of amides is 1. The number of pyridine rings is 1. The van der Waals surface area contributed by atoms with Crippen molar-refractivity contribution in [2.75, 3.05) is 58.8 Å². The second kappa shape index (κ2) is 35.3. The van der Waals surface area contributed by atoms with Gasteiger partial charge in [-0.2, -0.15) is 26.7 Å². The molecule has 5 rings (SSSR count). The largest absolute Gasteiger partial charge is 0.493 e. The van der Waals surface area contributed by atoms with Gasteiger partial charge in [0.2, 0.25) is 6.41 Å². The fourth-order valence-corrected chi connectivity index (χ4v) is 5.23. The Balaban J connectivity index is -0.00000136. The molecule has 0 unspecified atom stereocenters. The van der Waals surface area contributed by atoms with Crippen molar-refractivity contribution in [2.45, 2.75) is 66.1 Å². The van der Waals surface area contributed by atoms with Crippen molar-refractivity contribution < 1.29 is 41.7 Å². The molecular weight excluding hydrogens is 808 g/mol. The van der Waals surface area contributed by atoms with E-state index < -0.39 is 11.7 Å². The summed E-state index contributed by atoms with van der Waals surface area (Å²) in [4.78, 5) is 24.0.